The van der Waals surface area contributed by atoms with E-state index in [1.807, 2.05) is 45.0 Å². The van der Waals surface area contributed by atoms with Crippen LogP contribution in [0.1, 0.15) is 33.6 Å². The third-order valence-electron chi connectivity index (χ3n) is 3.85. The molecule has 0 aromatic heterocycles. The second-order valence-electron chi connectivity index (χ2n) is 4.91. The topological polar surface area (TPSA) is 35.5 Å². The van der Waals surface area contributed by atoms with Crippen LogP contribution < -0.4 is 9.47 Å². The summed E-state index contributed by atoms with van der Waals surface area (Å²) in [7, 11) is 0. The maximum Gasteiger partial charge on any atom is 0.146 e. The maximum atomic E-state index is 11.6. The molecule has 2 unspecified atom stereocenters. The minimum absolute atomic E-state index is 0.00752. The summed E-state index contributed by atoms with van der Waals surface area (Å²) in [5.41, 5.74) is -0.318. The van der Waals surface area contributed by atoms with E-state index in [0.29, 0.717) is 18.8 Å². The highest BCUT2D eigenvalue weighted by Crippen LogP contribution is 2.42. The van der Waals surface area contributed by atoms with Gasteiger partial charge in [0.05, 0.1) is 12.0 Å². The van der Waals surface area contributed by atoms with Crippen LogP contribution in [-0.2, 0) is 4.79 Å². The molecule has 1 fully saturated rings. The SMILES string of the molecule is CCOc1cccc(OC2CC(=O)C2(C)CC)c1. The molecule has 0 radical (unpaired) electrons. The van der Waals surface area contributed by atoms with E-state index in [9.17, 15) is 4.79 Å². The number of rotatable bonds is 5. The Kier molecular flexibility index (Phi) is 3.60. The minimum atomic E-state index is -0.318. The molecule has 98 valence electrons. The number of Topliss-reactive ketones (excluding diaryl/α,β-unsaturated/α-hetero) is 1. The van der Waals surface area contributed by atoms with Gasteiger partial charge in [-0.15, -0.1) is 0 Å². The highest BCUT2D eigenvalue weighted by molar-refractivity contribution is 5.92. The lowest BCUT2D eigenvalue weighted by molar-refractivity contribution is -0.150. The lowest BCUT2D eigenvalue weighted by atomic mass is 9.64. The van der Waals surface area contributed by atoms with Crippen molar-refractivity contribution in [3.63, 3.8) is 0 Å². The average Bonchev–Trinajstić information content (AvgIpc) is 2.38. The van der Waals surface area contributed by atoms with Crippen LogP contribution in [0, 0.1) is 5.41 Å². The van der Waals surface area contributed by atoms with Crippen molar-refractivity contribution < 1.29 is 14.3 Å². The van der Waals surface area contributed by atoms with Gasteiger partial charge in [-0.1, -0.05) is 13.0 Å². The molecule has 1 saturated carbocycles. The summed E-state index contributed by atoms with van der Waals surface area (Å²) in [5.74, 6) is 1.88. The van der Waals surface area contributed by atoms with Crippen molar-refractivity contribution in [3.05, 3.63) is 24.3 Å². The molecule has 0 spiro atoms. The third kappa shape index (κ3) is 2.22. The number of ketones is 1. The average molecular weight is 248 g/mol. The Bertz CT molecular complexity index is 441. The molecule has 2 atom stereocenters. The third-order valence-corrected chi connectivity index (χ3v) is 3.85. The lowest BCUT2D eigenvalue weighted by Crippen LogP contribution is -2.54. The summed E-state index contributed by atoms with van der Waals surface area (Å²) in [6.45, 7) is 6.60. The monoisotopic (exact) mass is 248 g/mol. The highest BCUT2D eigenvalue weighted by atomic mass is 16.5. The summed E-state index contributed by atoms with van der Waals surface area (Å²) in [6.07, 6.45) is 1.33. The summed E-state index contributed by atoms with van der Waals surface area (Å²) in [6, 6.07) is 7.59. The number of ether oxygens (including phenoxy) is 2. The van der Waals surface area contributed by atoms with Gasteiger partial charge in [-0.05, 0) is 32.4 Å². The van der Waals surface area contributed by atoms with Gasteiger partial charge in [0.15, 0.2) is 0 Å². The van der Waals surface area contributed by atoms with Crippen molar-refractivity contribution in [2.45, 2.75) is 39.7 Å². The largest absolute Gasteiger partial charge is 0.494 e. The zero-order valence-electron chi connectivity index (χ0n) is 11.2. The second kappa shape index (κ2) is 5.01. The van der Waals surface area contributed by atoms with Crippen molar-refractivity contribution in [1.29, 1.82) is 0 Å². The molecule has 2 rings (SSSR count). The van der Waals surface area contributed by atoms with Gasteiger partial charge >= 0.3 is 0 Å². The van der Waals surface area contributed by atoms with E-state index in [0.717, 1.165) is 17.9 Å². The molecule has 1 aliphatic carbocycles. The maximum absolute atomic E-state index is 11.6. The smallest absolute Gasteiger partial charge is 0.146 e. The van der Waals surface area contributed by atoms with Gasteiger partial charge in [0, 0.05) is 12.5 Å². The van der Waals surface area contributed by atoms with Crippen LogP contribution in [0.4, 0.5) is 0 Å². The molecular formula is C15H20O3. The van der Waals surface area contributed by atoms with Crippen LogP contribution in [-0.4, -0.2) is 18.5 Å². The molecule has 3 nitrogen and oxygen atoms in total. The van der Waals surface area contributed by atoms with E-state index in [1.54, 1.807) is 0 Å². The Labute approximate surface area is 108 Å². The minimum Gasteiger partial charge on any atom is -0.494 e. The van der Waals surface area contributed by atoms with Crippen molar-refractivity contribution >= 4 is 5.78 Å². The Balaban J connectivity index is 2.06. The fraction of sp³-hybridized carbons (Fsp3) is 0.533. The molecule has 0 N–H and O–H groups in total. The van der Waals surface area contributed by atoms with Gasteiger partial charge in [0.1, 0.15) is 23.4 Å². The van der Waals surface area contributed by atoms with E-state index in [4.69, 9.17) is 9.47 Å². The van der Waals surface area contributed by atoms with Gasteiger partial charge in [0.25, 0.3) is 0 Å². The van der Waals surface area contributed by atoms with Crippen LogP contribution >= 0.6 is 0 Å². The second-order valence-corrected chi connectivity index (χ2v) is 4.91. The van der Waals surface area contributed by atoms with Crippen LogP contribution in [0.25, 0.3) is 0 Å². The Morgan fingerprint density at radius 2 is 2.06 bits per heavy atom. The Hall–Kier alpha value is -1.51. The number of hydrogen-bond donors (Lipinski definition) is 0. The number of benzene rings is 1. The molecule has 1 aromatic rings. The van der Waals surface area contributed by atoms with E-state index in [1.165, 1.54) is 0 Å². The first-order chi connectivity index (χ1) is 8.60. The molecule has 0 heterocycles. The molecule has 3 heteroatoms. The molecule has 0 bridgehead atoms. The first-order valence-electron chi connectivity index (χ1n) is 6.53. The number of hydrogen-bond acceptors (Lipinski definition) is 3. The van der Waals surface area contributed by atoms with Crippen molar-refractivity contribution in [3.8, 4) is 11.5 Å². The van der Waals surface area contributed by atoms with Crippen LogP contribution in [0.2, 0.25) is 0 Å². The molecule has 18 heavy (non-hydrogen) atoms. The van der Waals surface area contributed by atoms with E-state index in [2.05, 4.69) is 0 Å². The standard InChI is InChI=1S/C15H20O3/c1-4-15(3)13(16)10-14(15)18-12-8-6-7-11(9-12)17-5-2/h6-9,14H,4-5,10H2,1-3H3. The van der Waals surface area contributed by atoms with Gasteiger partial charge in [0.2, 0.25) is 0 Å². The van der Waals surface area contributed by atoms with Crippen molar-refractivity contribution in [2.75, 3.05) is 6.61 Å². The summed E-state index contributed by atoms with van der Waals surface area (Å²) in [5, 5.41) is 0. The Morgan fingerprint density at radius 1 is 1.33 bits per heavy atom. The molecule has 1 aliphatic rings. The fourth-order valence-electron chi connectivity index (χ4n) is 2.24. The fourth-order valence-corrected chi connectivity index (χ4v) is 2.24. The number of carbonyl (C=O) groups is 1. The van der Waals surface area contributed by atoms with Crippen LogP contribution in [0.3, 0.4) is 0 Å². The van der Waals surface area contributed by atoms with E-state index in [-0.39, 0.29) is 11.5 Å². The van der Waals surface area contributed by atoms with Gasteiger partial charge in [-0.3, -0.25) is 4.79 Å². The quantitative estimate of drug-likeness (QED) is 0.802. The number of carbonyl (C=O) groups excluding carboxylic acids is 1. The Morgan fingerprint density at radius 3 is 2.67 bits per heavy atom. The zero-order valence-corrected chi connectivity index (χ0v) is 11.2. The highest BCUT2D eigenvalue weighted by Gasteiger charge is 2.51. The summed E-state index contributed by atoms with van der Waals surface area (Å²) in [4.78, 5) is 11.6. The van der Waals surface area contributed by atoms with Gasteiger partial charge in [-0.25, -0.2) is 0 Å². The van der Waals surface area contributed by atoms with Crippen LogP contribution in [0.5, 0.6) is 11.5 Å². The van der Waals surface area contributed by atoms with Crippen LogP contribution in [0.15, 0.2) is 24.3 Å². The van der Waals surface area contributed by atoms with Crippen molar-refractivity contribution in [2.24, 2.45) is 5.41 Å². The lowest BCUT2D eigenvalue weighted by Gasteiger charge is -2.44. The molecular weight excluding hydrogens is 228 g/mol. The summed E-state index contributed by atoms with van der Waals surface area (Å²) >= 11 is 0. The van der Waals surface area contributed by atoms with Crippen molar-refractivity contribution in [1.82, 2.24) is 0 Å². The molecule has 0 aliphatic heterocycles. The molecule has 1 aromatic carbocycles. The van der Waals surface area contributed by atoms with Gasteiger partial charge < -0.3 is 9.47 Å². The van der Waals surface area contributed by atoms with E-state index < -0.39 is 0 Å². The van der Waals surface area contributed by atoms with E-state index >= 15 is 0 Å². The first-order valence-corrected chi connectivity index (χ1v) is 6.53. The predicted octanol–water partition coefficient (Wildman–Crippen LogP) is 3.22. The van der Waals surface area contributed by atoms with Gasteiger partial charge in [-0.2, -0.15) is 0 Å². The molecule has 0 saturated heterocycles. The summed E-state index contributed by atoms with van der Waals surface area (Å²) < 4.78 is 11.3. The first kappa shape index (κ1) is 12.9. The predicted molar refractivity (Wildman–Crippen MR) is 70.0 cm³/mol. The normalized spacial score (nSPS) is 26.6. The zero-order chi connectivity index (χ0) is 13.2. The molecule has 0 amide bonds.